The third-order valence-corrected chi connectivity index (χ3v) is 5.54. The van der Waals surface area contributed by atoms with Crippen LogP contribution in [-0.4, -0.2) is 62.6 Å². The Bertz CT molecular complexity index is 1110. The fraction of sp³-hybridized carbons (Fsp3) is 0.391. The summed E-state index contributed by atoms with van der Waals surface area (Å²) in [6, 6.07) is 9.43. The van der Waals surface area contributed by atoms with Crippen LogP contribution >= 0.6 is 0 Å². The van der Waals surface area contributed by atoms with Gasteiger partial charge in [-0.25, -0.2) is 0 Å². The van der Waals surface area contributed by atoms with Gasteiger partial charge in [0, 0.05) is 30.9 Å². The van der Waals surface area contributed by atoms with Crippen molar-refractivity contribution in [2.24, 2.45) is 0 Å². The smallest absolute Gasteiger partial charge is 0.274 e. The van der Waals surface area contributed by atoms with Gasteiger partial charge in [0.05, 0.1) is 37.3 Å². The van der Waals surface area contributed by atoms with Crippen LogP contribution in [0.3, 0.4) is 0 Å². The second-order valence-corrected chi connectivity index (χ2v) is 7.86. The van der Waals surface area contributed by atoms with E-state index < -0.39 is 0 Å². The van der Waals surface area contributed by atoms with Crippen LogP contribution in [0.5, 0.6) is 0 Å². The molecule has 0 unspecified atom stereocenters. The average molecular weight is 437 g/mol. The lowest BCUT2D eigenvalue weighted by Crippen LogP contribution is -2.41. The minimum atomic E-state index is -0.283. The SMILES string of the molecule is CCn1ncc(NC(=O)c2ccc(Cn3nc(C)cc3C)cc2)c1C(=O)N1CCOCC1. The number of amides is 2. The number of aromatic nitrogens is 4. The predicted molar refractivity (Wildman–Crippen MR) is 120 cm³/mol. The van der Waals surface area contributed by atoms with Gasteiger partial charge in [0.15, 0.2) is 0 Å². The normalized spacial score (nSPS) is 13.9. The van der Waals surface area contributed by atoms with E-state index in [1.807, 2.05) is 43.7 Å². The Morgan fingerprint density at radius 2 is 1.81 bits per heavy atom. The van der Waals surface area contributed by atoms with E-state index in [0.717, 1.165) is 17.0 Å². The van der Waals surface area contributed by atoms with E-state index in [-0.39, 0.29) is 11.8 Å². The number of nitrogens with zero attached hydrogens (tertiary/aromatic N) is 5. The van der Waals surface area contributed by atoms with Gasteiger partial charge in [-0.3, -0.25) is 19.0 Å². The molecule has 3 aromatic rings. The molecule has 1 N–H and O–H groups in total. The molecule has 4 rings (SSSR count). The Hall–Kier alpha value is -3.46. The van der Waals surface area contributed by atoms with Gasteiger partial charge in [-0.05, 0) is 44.5 Å². The van der Waals surface area contributed by atoms with Crippen molar-refractivity contribution in [1.82, 2.24) is 24.5 Å². The molecule has 0 aliphatic carbocycles. The quantitative estimate of drug-likeness (QED) is 0.641. The summed E-state index contributed by atoms with van der Waals surface area (Å²) < 4.78 is 8.89. The molecule has 2 amide bonds. The van der Waals surface area contributed by atoms with E-state index in [1.165, 1.54) is 6.20 Å². The van der Waals surface area contributed by atoms with E-state index in [1.54, 1.807) is 21.7 Å². The van der Waals surface area contributed by atoms with Crippen molar-refractivity contribution >= 4 is 17.5 Å². The molecule has 9 heteroatoms. The van der Waals surface area contributed by atoms with E-state index in [9.17, 15) is 9.59 Å². The maximum Gasteiger partial charge on any atom is 0.274 e. The first-order chi connectivity index (χ1) is 15.5. The molecule has 0 saturated carbocycles. The highest BCUT2D eigenvalue weighted by molar-refractivity contribution is 6.08. The minimum absolute atomic E-state index is 0.150. The van der Waals surface area contributed by atoms with E-state index >= 15 is 0 Å². The Labute approximate surface area is 187 Å². The monoisotopic (exact) mass is 436 g/mol. The van der Waals surface area contributed by atoms with Gasteiger partial charge >= 0.3 is 0 Å². The molecule has 168 valence electrons. The first kappa shape index (κ1) is 21.8. The number of hydrogen-bond donors (Lipinski definition) is 1. The standard InChI is InChI=1S/C23H28N6O3/c1-4-28-21(23(31)27-9-11-32-12-10-27)20(14-24-28)25-22(30)19-7-5-18(6-8-19)15-29-17(3)13-16(2)26-29/h5-8,13-14H,4,9-12,15H2,1-3H3,(H,25,30). The number of ether oxygens (including phenoxy) is 1. The topological polar surface area (TPSA) is 94.3 Å². The van der Waals surface area contributed by atoms with Crippen LogP contribution < -0.4 is 5.32 Å². The molecule has 1 aromatic carbocycles. The fourth-order valence-corrected chi connectivity index (χ4v) is 3.82. The highest BCUT2D eigenvalue weighted by atomic mass is 16.5. The first-order valence-electron chi connectivity index (χ1n) is 10.8. The lowest BCUT2D eigenvalue weighted by atomic mass is 10.1. The van der Waals surface area contributed by atoms with Gasteiger partial charge in [-0.1, -0.05) is 12.1 Å². The number of morpholine rings is 1. The Morgan fingerprint density at radius 3 is 2.44 bits per heavy atom. The van der Waals surface area contributed by atoms with Crippen molar-refractivity contribution in [3.05, 3.63) is 64.7 Å². The van der Waals surface area contributed by atoms with Crippen LogP contribution in [0.25, 0.3) is 0 Å². The highest BCUT2D eigenvalue weighted by Gasteiger charge is 2.26. The summed E-state index contributed by atoms with van der Waals surface area (Å²) in [6.07, 6.45) is 1.53. The summed E-state index contributed by atoms with van der Waals surface area (Å²) in [5.74, 6) is -0.433. The van der Waals surface area contributed by atoms with Crippen molar-refractivity contribution in [3.63, 3.8) is 0 Å². The number of anilines is 1. The van der Waals surface area contributed by atoms with Crippen molar-refractivity contribution in [2.75, 3.05) is 31.6 Å². The van der Waals surface area contributed by atoms with Crippen LogP contribution in [0.4, 0.5) is 5.69 Å². The summed E-state index contributed by atoms with van der Waals surface area (Å²) >= 11 is 0. The van der Waals surface area contributed by atoms with E-state index in [2.05, 4.69) is 15.5 Å². The molecule has 9 nitrogen and oxygen atoms in total. The van der Waals surface area contributed by atoms with Crippen LogP contribution in [0.1, 0.15) is 44.7 Å². The van der Waals surface area contributed by atoms with E-state index in [4.69, 9.17) is 4.74 Å². The molecular formula is C23H28N6O3. The Kier molecular flexibility index (Phi) is 6.36. The third kappa shape index (κ3) is 4.57. The number of hydrogen-bond acceptors (Lipinski definition) is 5. The molecule has 2 aromatic heterocycles. The summed E-state index contributed by atoms with van der Waals surface area (Å²) in [5.41, 5.74) is 4.44. The van der Waals surface area contributed by atoms with Gasteiger partial charge < -0.3 is 15.0 Å². The molecule has 0 atom stereocenters. The zero-order chi connectivity index (χ0) is 22.7. The van der Waals surface area contributed by atoms with Gasteiger partial charge in [-0.15, -0.1) is 0 Å². The average Bonchev–Trinajstić information content (AvgIpc) is 3.35. The Balaban J connectivity index is 1.48. The third-order valence-electron chi connectivity index (χ3n) is 5.54. The van der Waals surface area contributed by atoms with Crippen molar-refractivity contribution in [3.8, 4) is 0 Å². The van der Waals surface area contributed by atoms with Gasteiger partial charge in [0.2, 0.25) is 0 Å². The summed E-state index contributed by atoms with van der Waals surface area (Å²) in [4.78, 5) is 27.7. The summed E-state index contributed by atoms with van der Waals surface area (Å²) in [7, 11) is 0. The molecule has 0 bridgehead atoms. The number of carbonyl (C=O) groups is 2. The van der Waals surface area contributed by atoms with E-state index in [0.29, 0.717) is 56.3 Å². The molecular weight excluding hydrogens is 408 g/mol. The number of carbonyl (C=O) groups excluding carboxylic acids is 2. The Morgan fingerprint density at radius 1 is 1.09 bits per heavy atom. The largest absolute Gasteiger partial charge is 0.378 e. The van der Waals surface area contributed by atoms with Crippen LogP contribution in [-0.2, 0) is 17.8 Å². The second kappa shape index (κ2) is 9.35. The summed E-state index contributed by atoms with van der Waals surface area (Å²) in [5, 5.41) is 11.6. The van der Waals surface area contributed by atoms with Crippen LogP contribution in [0, 0.1) is 13.8 Å². The maximum atomic E-state index is 13.1. The fourth-order valence-electron chi connectivity index (χ4n) is 3.82. The van der Waals surface area contributed by atoms with Crippen LogP contribution in [0.2, 0.25) is 0 Å². The first-order valence-corrected chi connectivity index (χ1v) is 10.8. The highest BCUT2D eigenvalue weighted by Crippen LogP contribution is 2.20. The number of benzene rings is 1. The van der Waals surface area contributed by atoms with Gasteiger partial charge in [0.25, 0.3) is 11.8 Å². The molecule has 1 saturated heterocycles. The molecule has 3 heterocycles. The molecule has 1 aliphatic heterocycles. The molecule has 0 radical (unpaired) electrons. The zero-order valence-corrected chi connectivity index (χ0v) is 18.7. The van der Waals surface area contributed by atoms with Crippen LogP contribution in [0.15, 0.2) is 36.5 Å². The number of rotatable bonds is 6. The molecule has 1 aliphatic rings. The van der Waals surface area contributed by atoms with Crippen molar-refractivity contribution in [2.45, 2.75) is 33.9 Å². The minimum Gasteiger partial charge on any atom is -0.378 e. The second-order valence-electron chi connectivity index (χ2n) is 7.86. The molecule has 0 spiro atoms. The maximum absolute atomic E-state index is 13.1. The lowest BCUT2D eigenvalue weighted by molar-refractivity contribution is 0.0295. The predicted octanol–water partition coefficient (Wildman–Crippen LogP) is 2.49. The van der Waals surface area contributed by atoms with Gasteiger partial charge in [0.1, 0.15) is 5.69 Å². The summed E-state index contributed by atoms with van der Waals surface area (Å²) in [6.45, 7) is 9.15. The molecule has 32 heavy (non-hydrogen) atoms. The zero-order valence-electron chi connectivity index (χ0n) is 18.7. The molecule has 1 fully saturated rings. The van der Waals surface area contributed by atoms with Gasteiger partial charge in [-0.2, -0.15) is 10.2 Å². The van der Waals surface area contributed by atoms with Crippen molar-refractivity contribution in [1.29, 1.82) is 0 Å². The lowest BCUT2D eigenvalue weighted by Gasteiger charge is -2.27. The number of nitrogens with one attached hydrogen (secondary N) is 1. The number of aryl methyl sites for hydroxylation is 3. The van der Waals surface area contributed by atoms with Crippen molar-refractivity contribution < 1.29 is 14.3 Å².